The minimum Gasteiger partial charge on any atom is -0.495 e. The monoisotopic (exact) mass is 318 g/mol. The van der Waals surface area contributed by atoms with E-state index in [2.05, 4.69) is 5.32 Å². The van der Waals surface area contributed by atoms with Gasteiger partial charge in [-0.1, -0.05) is 11.6 Å². The predicted octanol–water partition coefficient (Wildman–Crippen LogP) is 1.72. The summed E-state index contributed by atoms with van der Waals surface area (Å²) in [7, 11) is -2.15. The van der Waals surface area contributed by atoms with Crippen LogP contribution in [0.15, 0.2) is 23.1 Å². The van der Waals surface area contributed by atoms with Gasteiger partial charge in [-0.2, -0.15) is 4.31 Å². The van der Waals surface area contributed by atoms with Crippen LogP contribution in [0.3, 0.4) is 0 Å². The van der Waals surface area contributed by atoms with Gasteiger partial charge < -0.3 is 10.1 Å². The van der Waals surface area contributed by atoms with Crippen molar-refractivity contribution >= 4 is 21.6 Å². The van der Waals surface area contributed by atoms with Crippen molar-refractivity contribution in [3.05, 3.63) is 23.2 Å². The molecular formula is C13H19ClN2O3S. The number of nitrogens with zero attached hydrogens (tertiary/aromatic N) is 1. The number of nitrogens with one attached hydrogen (secondary N) is 1. The highest BCUT2D eigenvalue weighted by atomic mass is 35.5. The molecule has 0 aromatic heterocycles. The van der Waals surface area contributed by atoms with E-state index in [4.69, 9.17) is 16.3 Å². The molecular weight excluding hydrogens is 300 g/mol. The van der Waals surface area contributed by atoms with E-state index in [-0.39, 0.29) is 22.7 Å². The van der Waals surface area contributed by atoms with Crippen molar-refractivity contribution < 1.29 is 13.2 Å². The molecule has 2 atom stereocenters. The van der Waals surface area contributed by atoms with E-state index in [1.165, 1.54) is 23.5 Å². The van der Waals surface area contributed by atoms with E-state index in [0.717, 1.165) is 0 Å². The molecule has 0 spiro atoms. The summed E-state index contributed by atoms with van der Waals surface area (Å²) >= 11 is 5.88. The number of methoxy groups -OCH3 is 1. The van der Waals surface area contributed by atoms with Gasteiger partial charge in [0.1, 0.15) is 10.6 Å². The molecule has 1 aliphatic rings. The van der Waals surface area contributed by atoms with E-state index >= 15 is 0 Å². The molecule has 20 heavy (non-hydrogen) atoms. The van der Waals surface area contributed by atoms with Crippen molar-refractivity contribution in [2.45, 2.75) is 30.8 Å². The summed E-state index contributed by atoms with van der Waals surface area (Å²) in [5, 5.41) is 3.71. The number of hydrogen-bond acceptors (Lipinski definition) is 4. The molecule has 1 fully saturated rings. The molecule has 1 saturated heterocycles. The van der Waals surface area contributed by atoms with Crippen LogP contribution in [0.25, 0.3) is 0 Å². The molecule has 0 aliphatic carbocycles. The van der Waals surface area contributed by atoms with E-state index in [1.54, 1.807) is 6.07 Å². The zero-order chi connectivity index (χ0) is 14.9. The lowest BCUT2D eigenvalue weighted by atomic mass is 10.2. The maximum Gasteiger partial charge on any atom is 0.247 e. The van der Waals surface area contributed by atoms with Gasteiger partial charge in [-0.3, -0.25) is 0 Å². The third kappa shape index (κ3) is 2.93. The number of ether oxygens (including phenoxy) is 1. The summed E-state index contributed by atoms with van der Waals surface area (Å²) in [6.45, 7) is 4.93. The first-order valence-electron chi connectivity index (χ1n) is 6.45. The number of hydrogen-bond donors (Lipinski definition) is 1. The van der Waals surface area contributed by atoms with Gasteiger partial charge in [0.25, 0.3) is 0 Å². The van der Waals surface area contributed by atoms with Gasteiger partial charge in [-0.25, -0.2) is 8.42 Å². The Morgan fingerprint density at radius 2 is 2.10 bits per heavy atom. The first-order chi connectivity index (χ1) is 9.36. The molecule has 1 aromatic rings. The highest BCUT2D eigenvalue weighted by molar-refractivity contribution is 7.89. The minimum absolute atomic E-state index is 0.100. The molecule has 0 bridgehead atoms. The maximum atomic E-state index is 12.8. The quantitative estimate of drug-likeness (QED) is 0.922. The molecule has 1 heterocycles. The molecule has 112 valence electrons. The van der Waals surface area contributed by atoms with Gasteiger partial charge >= 0.3 is 0 Å². The zero-order valence-electron chi connectivity index (χ0n) is 11.8. The number of benzene rings is 1. The van der Waals surface area contributed by atoms with Crippen molar-refractivity contribution in [3.63, 3.8) is 0 Å². The van der Waals surface area contributed by atoms with Crippen LogP contribution in [0.5, 0.6) is 5.75 Å². The van der Waals surface area contributed by atoms with Crippen molar-refractivity contribution in [3.8, 4) is 5.75 Å². The summed E-state index contributed by atoms with van der Waals surface area (Å²) in [4.78, 5) is 0.158. The highest BCUT2D eigenvalue weighted by Crippen LogP contribution is 2.31. The average molecular weight is 319 g/mol. The van der Waals surface area contributed by atoms with Crippen molar-refractivity contribution in [1.82, 2.24) is 9.62 Å². The molecule has 1 aliphatic heterocycles. The lowest BCUT2D eigenvalue weighted by Crippen LogP contribution is -2.56. The molecule has 1 aromatic carbocycles. The van der Waals surface area contributed by atoms with Crippen LogP contribution in [-0.2, 0) is 10.0 Å². The topological polar surface area (TPSA) is 58.6 Å². The molecule has 5 nitrogen and oxygen atoms in total. The van der Waals surface area contributed by atoms with Crippen LogP contribution >= 0.6 is 11.6 Å². The normalized spacial score (nSPS) is 24.6. The SMILES string of the molecule is COc1cc(Cl)ccc1S(=O)(=O)N1CC(C)NCC1C. The van der Waals surface area contributed by atoms with Gasteiger partial charge in [-0.15, -0.1) is 0 Å². The van der Waals surface area contributed by atoms with Crippen molar-refractivity contribution in [1.29, 1.82) is 0 Å². The summed E-state index contributed by atoms with van der Waals surface area (Å²) < 4.78 is 32.3. The molecule has 0 amide bonds. The third-order valence-corrected chi connectivity index (χ3v) is 5.67. The Balaban J connectivity index is 2.44. The predicted molar refractivity (Wildman–Crippen MR) is 78.8 cm³/mol. The maximum absolute atomic E-state index is 12.8. The number of halogens is 1. The molecule has 7 heteroatoms. The van der Waals surface area contributed by atoms with Gasteiger partial charge in [0.05, 0.1) is 7.11 Å². The van der Waals surface area contributed by atoms with E-state index < -0.39 is 10.0 Å². The van der Waals surface area contributed by atoms with E-state index in [0.29, 0.717) is 18.1 Å². The van der Waals surface area contributed by atoms with Gasteiger partial charge in [0, 0.05) is 36.3 Å². The Hall–Kier alpha value is -0.820. The van der Waals surface area contributed by atoms with Crippen LogP contribution in [0, 0.1) is 0 Å². The lowest BCUT2D eigenvalue weighted by Gasteiger charge is -2.36. The van der Waals surface area contributed by atoms with Crippen LogP contribution in [0.2, 0.25) is 5.02 Å². The number of rotatable bonds is 3. The second kappa shape index (κ2) is 5.89. The molecule has 2 rings (SSSR count). The van der Waals surface area contributed by atoms with Crippen LogP contribution < -0.4 is 10.1 Å². The number of piperazine rings is 1. The second-order valence-electron chi connectivity index (χ2n) is 5.03. The fourth-order valence-electron chi connectivity index (χ4n) is 2.30. The van der Waals surface area contributed by atoms with Crippen LogP contribution in [0.1, 0.15) is 13.8 Å². The lowest BCUT2D eigenvalue weighted by molar-refractivity contribution is 0.244. The Labute approximate surface area is 124 Å². The summed E-state index contributed by atoms with van der Waals surface area (Å²) in [5.74, 6) is 0.274. The van der Waals surface area contributed by atoms with Crippen molar-refractivity contribution in [2.24, 2.45) is 0 Å². The van der Waals surface area contributed by atoms with Crippen molar-refractivity contribution in [2.75, 3.05) is 20.2 Å². The Morgan fingerprint density at radius 3 is 2.75 bits per heavy atom. The fourth-order valence-corrected chi connectivity index (χ4v) is 4.32. The smallest absolute Gasteiger partial charge is 0.247 e. The largest absolute Gasteiger partial charge is 0.495 e. The average Bonchev–Trinajstić information content (AvgIpc) is 2.40. The van der Waals surface area contributed by atoms with Crippen LogP contribution in [0.4, 0.5) is 0 Å². The van der Waals surface area contributed by atoms with Crippen LogP contribution in [-0.4, -0.2) is 45.0 Å². The molecule has 0 radical (unpaired) electrons. The Kier molecular flexibility index (Phi) is 4.59. The molecule has 2 unspecified atom stereocenters. The second-order valence-corrected chi connectivity index (χ2v) is 7.32. The molecule has 0 saturated carbocycles. The molecule has 1 N–H and O–H groups in total. The zero-order valence-corrected chi connectivity index (χ0v) is 13.3. The summed E-state index contributed by atoms with van der Waals surface area (Å²) in [6, 6.07) is 4.60. The Bertz CT molecular complexity index is 591. The Morgan fingerprint density at radius 1 is 1.40 bits per heavy atom. The van der Waals surface area contributed by atoms with Gasteiger partial charge in [0.15, 0.2) is 0 Å². The van der Waals surface area contributed by atoms with E-state index in [9.17, 15) is 8.42 Å². The standard InChI is InChI=1S/C13H19ClN2O3S/c1-9-8-16(10(2)7-15-9)20(17,18)13-5-4-11(14)6-12(13)19-3/h4-6,9-10,15H,7-8H2,1-3H3. The first kappa shape index (κ1) is 15.6. The van der Waals surface area contributed by atoms with Gasteiger partial charge in [-0.05, 0) is 26.0 Å². The fraction of sp³-hybridized carbons (Fsp3) is 0.538. The minimum atomic E-state index is -3.59. The third-order valence-electron chi connectivity index (χ3n) is 3.42. The van der Waals surface area contributed by atoms with E-state index in [1.807, 2.05) is 13.8 Å². The summed E-state index contributed by atoms with van der Waals surface area (Å²) in [6.07, 6.45) is 0. The first-order valence-corrected chi connectivity index (χ1v) is 8.27. The number of sulfonamides is 1. The summed E-state index contributed by atoms with van der Waals surface area (Å²) in [5.41, 5.74) is 0. The highest BCUT2D eigenvalue weighted by Gasteiger charge is 2.35. The van der Waals surface area contributed by atoms with Gasteiger partial charge in [0.2, 0.25) is 10.0 Å².